The lowest BCUT2D eigenvalue weighted by Crippen LogP contribution is -2.10. The van der Waals surface area contributed by atoms with Gasteiger partial charge in [-0.05, 0) is 50.5 Å². The van der Waals surface area contributed by atoms with Crippen molar-refractivity contribution in [3.63, 3.8) is 0 Å². The highest BCUT2D eigenvalue weighted by molar-refractivity contribution is 5.28. The normalized spacial score (nSPS) is 17.6. The zero-order chi connectivity index (χ0) is 26.7. The summed E-state index contributed by atoms with van der Waals surface area (Å²) in [5.74, 6) is 1.66. The van der Waals surface area contributed by atoms with E-state index in [1.807, 2.05) is 19.9 Å². The summed E-state index contributed by atoms with van der Waals surface area (Å²) < 4.78 is 37.5. The number of ether oxygens (including phenoxy) is 2. The maximum absolute atomic E-state index is 13.9. The Hall–Kier alpha value is -1.00. The molecule has 4 heteroatoms. The van der Waals surface area contributed by atoms with Crippen molar-refractivity contribution >= 4 is 0 Å². The van der Waals surface area contributed by atoms with E-state index in [4.69, 9.17) is 9.47 Å². The van der Waals surface area contributed by atoms with Gasteiger partial charge in [-0.2, -0.15) is 0 Å². The Morgan fingerprint density at radius 2 is 1.38 bits per heavy atom. The average Bonchev–Trinajstić information content (AvgIpc) is 2.81. The van der Waals surface area contributed by atoms with E-state index in [1.165, 1.54) is 46.1 Å². The Bertz CT molecular complexity index is 580. The highest BCUT2D eigenvalue weighted by Gasteiger charge is 2.16. The van der Waals surface area contributed by atoms with Gasteiger partial charge in [-0.15, -0.1) is 0 Å². The van der Waals surface area contributed by atoms with Crippen molar-refractivity contribution in [2.24, 2.45) is 29.6 Å². The molecule has 0 rings (SSSR count). The maximum Gasteiger partial charge on any atom is 0.160 e. The van der Waals surface area contributed by atoms with Crippen molar-refractivity contribution in [1.82, 2.24) is 0 Å². The van der Waals surface area contributed by atoms with Crippen LogP contribution < -0.4 is 0 Å². The van der Waals surface area contributed by atoms with Crippen LogP contribution in [0.4, 0.5) is 8.78 Å². The first-order valence-electron chi connectivity index (χ1n) is 13.4. The van der Waals surface area contributed by atoms with Gasteiger partial charge in [0.1, 0.15) is 0 Å². The third-order valence-electron chi connectivity index (χ3n) is 6.68. The largest absolute Gasteiger partial charge is 0.380 e. The van der Waals surface area contributed by atoms with Crippen LogP contribution in [-0.2, 0) is 9.47 Å². The second-order valence-electron chi connectivity index (χ2n) is 10.3. The Morgan fingerprint density at radius 3 is 1.82 bits per heavy atom. The van der Waals surface area contributed by atoms with E-state index in [-0.39, 0.29) is 24.2 Å². The Kier molecular flexibility index (Phi) is 22.0. The van der Waals surface area contributed by atoms with Gasteiger partial charge in [0, 0.05) is 25.2 Å². The highest BCUT2D eigenvalue weighted by Crippen LogP contribution is 2.26. The first-order valence-corrected chi connectivity index (χ1v) is 13.4. The van der Waals surface area contributed by atoms with Crippen molar-refractivity contribution in [2.45, 2.75) is 107 Å². The quantitative estimate of drug-likeness (QED) is 0.160. The third kappa shape index (κ3) is 17.4. The number of hydrogen-bond donors (Lipinski definition) is 0. The molecule has 0 aromatic rings. The molecule has 0 saturated carbocycles. The lowest BCUT2D eigenvalue weighted by atomic mass is 9.84. The lowest BCUT2D eigenvalue weighted by Gasteiger charge is -2.22. The summed E-state index contributed by atoms with van der Waals surface area (Å²) in [5, 5.41) is 0. The minimum Gasteiger partial charge on any atom is -0.380 e. The molecule has 5 unspecified atom stereocenters. The van der Waals surface area contributed by atoms with Gasteiger partial charge in [0.2, 0.25) is 0 Å². The molecule has 0 spiro atoms. The van der Waals surface area contributed by atoms with E-state index in [1.54, 1.807) is 13.0 Å². The van der Waals surface area contributed by atoms with Crippen LogP contribution in [0.3, 0.4) is 0 Å². The lowest BCUT2D eigenvalue weighted by molar-refractivity contribution is 0.109. The Balaban J connectivity index is 0. The highest BCUT2D eigenvalue weighted by atomic mass is 19.2. The summed E-state index contributed by atoms with van der Waals surface area (Å²) in [6.07, 6.45) is 11.7. The molecule has 0 radical (unpaired) electrons. The van der Waals surface area contributed by atoms with Crippen LogP contribution in [0.2, 0.25) is 0 Å². The number of rotatable bonds is 16. The monoisotopic (exact) mass is 486 g/mol. The Morgan fingerprint density at radius 1 is 0.824 bits per heavy atom. The van der Waals surface area contributed by atoms with Gasteiger partial charge in [0.15, 0.2) is 11.7 Å². The molecule has 0 amide bonds. The van der Waals surface area contributed by atoms with Gasteiger partial charge in [0.05, 0.1) is 12.7 Å². The van der Waals surface area contributed by atoms with Gasteiger partial charge in [0.25, 0.3) is 0 Å². The second-order valence-corrected chi connectivity index (χ2v) is 10.3. The molecule has 0 aliphatic heterocycles. The summed E-state index contributed by atoms with van der Waals surface area (Å²) in [6, 6.07) is 0. The molecule has 0 heterocycles. The maximum atomic E-state index is 13.9. The van der Waals surface area contributed by atoms with E-state index < -0.39 is 11.7 Å². The summed E-state index contributed by atoms with van der Waals surface area (Å²) in [4.78, 5) is 0. The van der Waals surface area contributed by atoms with Gasteiger partial charge >= 0.3 is 0 Å². The third-order valence-corrected chi connectivity index (χ3v) is 6.68. The molecule has 0 aliphatic carbocycles. The molecule has 0 bridgehead atoms. The van der Waals surface area contributed by atoms with Crippen molar-refractivity contribution in [3.8, 4) is 0 Å². The molecular formula is C30H56F2O2. The van der Waals surface area contributed by atoms with Crippen LogP contribution >= 0.6 is 0 Å². The number of methoxy groups -OCH3 is 1. The molecule has 5 atom stereocenters. The summed E-state index contributed by atoms with van der Waals surface area (Å²) in [6.45, 7) is 21.9. The first-order chi connectivity index (χ1) is 15.9. The van der Waals surface area contributed by atoms with Crippen molar-refractivity contribution in [3.05, 3.63) is 35.5 Å². The smallest absolute Gasteiger partial charge is 0.160 e. The van der Waals surface area contributed by atoms with Crippen LogP contribution in [0.15, 0.2) is 35.5 Å². The predicted octanol–water partition coefficient (Wildman–Crippen LogP) is 9.87. The molecule has 0 N–H and O–H groups in total. The molecule has 0 aromatic carbocycles. The van der Waals surface area contributed by atoms with Crippen molar-refractivity contribution < 1.29 is 18.3 Å². The van der Waals surface area contributed by atoms with Crippen LogP contribution in [0.5, 0.6) is 0 Å². The van der Waals surface area contributed by atoms with Gasteiger partial charge in [-0.1, -0.05) is 92.7 Å². The topological polar surface area (TPSA) is 18.5 Å². The Labute approximate surface area is 211 Å². The first kappa shape index (κ1) is 35.2. The van der Waals surface area contributed by atoms with Crippen molar-refractivity contribution in [2.75, 3.05) is 20.3 Å². The molecule has 0 fully saturated rings. The zero-order valence-electron chi connectivity index (χ0n) is 24.2. The fraction of sp³-hybridized carbons (Fsp3) is 0.800. The van der Waals surface area contributed by atoms with Crippen molar-refractivity contribution in [1.29, 1.82) is 0 Å². The molecule has 34 heavy (non-hydrogen) atoms. The molecule has 0 aromatic heterocycles. The van der Waals surface area contributed by atoms with Crippen LogP contribution in [0.25, 0.3) is 0 Å². The van der Waals surface area contributed by atoms with E-state index >= 15 is 0 Å². The number of allylic oxidation sites excluding steroid dienone is 4. The average molecular weight is 487 g/mol. The summed E-state index contributed by atoms with van der Waals surface area (Å²) in [5.41, 5.74) is 0.290. The number of halogens is 2. The molecular weight excluding hydrogens is 430 g/mol. The second kappa shape index (κ2) is 21.3. The van der Waals surface area contributed by atoms with Gasteiger partial charge in [-0.25, -0.2) is 8.78 Å². The number of hydrogen-bond acceptors (Lipinski definition) is 2. The summed E-state index contributed by atoms with van der Waals surface area (Å²) in [7, 11) is 1.46. The molecule has 2 nitrogen and oxygen atoms in total. The summed E-state index contributed by atoms with van der Waals surface area (Å²) >= 11 is 0. The van der Waals surface area contributed by atoms with E-state index in [2.05, 4.69) is 41.5 Å². The van der Waals surface area contributed by atoms with E-state index in [9.17, 15) is 8.78 Å². The van der Waals surface area contributed by atoms with Crippen LogP contribution in [-0.4, -0.2) is 26.4 Å². The molecule has 202 valence electrons. The zero-order valence-corrected chi connectivity index (χ0v) is 24.2. The molecule has 0 aliphatic rings. The van der Waals surface area contributed by atoms with Gasteiger partial charge < -0.3 is 9.47 Å². The fourth-order valence-corrected chi connectivity index (χ4v) is 3.50. The van der Waals surface area contributed by atoms with E-state index in [0.717, 1.165) is 29.7 Å². The molecule has 0 saturated heterocycles. The predicted molar refractivity (Wildman–Crippen MR) is 145 cm³/mol. The standard InChI is InChI=1S/C15H24F2O2.C15H32/c1-6-14(16)15(17)13(10-18-5)11(3)8-9-12(4)19-7-2;1-7-13(4)9-11-15(6)14(5)10-8-12(2)3/h6,8-9,11-12H,7,10H2,1-5H3;12-15H,7-11H2,1-6H3/b9-8-,14-6+,15-13-;. The van der Waals surface area contributed by atoms with E-state index in [0.29, 0.717) is 6.61 Å². The van der Waals surface area contributed by atoms with Crippen LogP contribution in [0, 0.1) is 29.6 Å². The minimum atomic E-state index is -0.856. The van der Waals surface area contributed by atoms with Crippen LogP contribution in [0.1, 0.15) is 101 Å². The van der Waals surface area contributed by atoms with Gasteiger partial charge in [-0.3, -0.25) is 0 Å². The SMILES string of the molecule is C/C=C(F)\C(F)=C(/COC)C(C)/C=C\C(C)OCC.CCC(C)CCC(C)C(C)CCC(C)C. The fourth-order valence-electron chi connectivity index (χ4n) is 3.50. The minimum absolute atomic E-state index is 0.0501.